The molecule has 0 amide bonds. The molecule has 5 heteroatoms. The highest BCUT2D eigenvalue weighted by atomic mass is 19.1. The number of Topliss-reactive ketones (excluding diaryl/α,β-unsaturated/α-hetero) is 1. The van der Waals surface area contributed by atoms with E-state index in [0.717, 1.165) is 0 Å². The maximum atomic E-state index is 13.3. The Bertz CT molecular complexity index is 497. The van der Waals surface area contributed by atoms with Crippen LogP contribution in [0.3, 0.4) is 0 Å². The number of β-amino-alcohol motifs (C(OH)–C–C–N with tert-alkyl or cyclic N) is 1. The second-order valence-corrected chi connectivity index (χ2v) is 6.41. The third-order valence-corrected chi connectivity index (χ3v) is 3.02. The van der Waals surface area contributed by atoms with E-state index in [1.165, 1.54) is 18.2 Å². The molecule has 0 aliphatic carbocycles. The third-order valence-electron chi connectivity index (χ3n) is 3.02. The predicted molar refractivity (Wildman–Crippen MR) is 84.9 cm³/mol. The van der Waals surface area contributed by atoms with Crippen molar-refractivity contribution in [2.24, 2.45) is 0 Å². The minimum Gasteiger partial charge on any atom is -0.490 e. The molecular weight excluding hydrogens is 285 g/mol. The van der Waals surface area contributed by atoms with Crippen molar-refractivity contribution < 1.29 is 19.0 Å². The van der Waals surface area contributed by atoms with Gasteiger partial charge in [-0.2, -0.15) is 0 Å². The van der Waals surface area contributed by atoms with Crippen molar-refractivity contribution in [3.63, 3.8) is 0 Å². The second-order valence-electron chi connectivity index (χ2n) is 6.41. The first kappa shape index (κ1) is 18.6. The van der Waals surface area contributed by atoms with Gasteiger partial charge >= 0.3 is 0 Å². The fourth-order valence-corrected chi connectivity index (χ4v) is 1.88. The molecule has 0 radical (unpaired) electrons. The van der Waals surface area contributed by atoms with E-state index < -0.39 is 11.9 Å². The van der Waals surface area contributed by atoms with Gasteiger partial charge < -0.3 is 15.2 Å². The normalized spacial score (nSPS) is 13.0. The number of carbonyl (C=O) groups is 1. The lowest BCUT2D eigenvalue weighted by Gasteiger charge is -2.23. The van der Waals surface area contributed by atoms with Crippen LogP contribution in [-0.2, 0) is 0 Å². The maximum absolute atomic E-state index is 13.3. The zero-order valence-corrected chi connectivity index (χ0v) is 13.8. The molecular formula is C17H26FNO3. The maximum Gasteiger partial charge on any atom is 0.166 e. The van der Waals surface area contributed by atoms with Gasteiger partial charge in [-0.05, 0) is 45.4 Å². The minimum absolute atomic E-state index is 0.0428. The summed E-state index contributed by atoms with van der Waals surface area (Å²) in [5.74, 6) is -0.310. The summed E-state index contributed by atoms with van der Waals surface area (Å²) in [7, 11) is 0. The van der Waals surface area contributed by atoms with Crippen LogP contribution in [0, 0.1) is 5.82 Å². The van der Waals surface area contributed by atoms with Crippen LogP contribution in [0.25, 0.3) is 0 Å². The molecule has 1 aromatic rings. The molecule has 0 aromatic heterocycles. The van der Waals surface area contributed by atoms with E-state index >= 15 is 0 Å². The molecule has 0 spiro atoms. The number of aliphatic hydroxyl groups excluding tert-OH is 1. The number of ketones is 1. The number of nitrogens with one attached hydrogen (secondary N) is 1. The van der Waals surface area contributed by atoms with Gasteiger partial charge in [0.2, 0.25) is 0 Å². The molecule has 0 fully saturated rings. The largest absolute Gasteiger partial charge is 0.490 e. The van der Waals surface area contributed by atoms with Crippen LogP contribution >= 0.6 is 0 Å². The fraction of sp³-hybridized carbons (Fsp3) is 0.588. The van der Waals surface area contributed by atoms with Crippen LogP contribution in [0.2, 0.25) is 0 Å². The Kier molecular flexibility index (Phi) is 6.97. The Morgan fingerprint density at radius 1 is 1.41 bits per heavy atom. The van der Waals surface area contributed by atoms with Crippen LogP contribution < -0.4 is 10.1 Å². The van der Waals surface area contributed by atoms with E-state index in [1.54, 1.807) is 0 Å². The summed E-state index contributed by atoms with van der Waals surface area (Å²) >= 11 is 0. The number of hydrogen-bond donors (Lipinski definition) is 2. The van der Waals surface area contributed by atoms with Crippen LogP contribution in [-0.4, -0.2) is 35.7 Å². The monoisotopic (exact) mass is 311 g/mol. The van der Waals surface area contributed by atoms with Crippen LogP contribution in [0.15, 0.2) is 18.2 Å². The molecule has 0 saturated heterocycles. The quantitative estimate of drug-likeness (QED) is 0.725. The molecule has 0 heterocycles. The minimum atomic E-state index is -0.710. The van der Waals surface area contributed by atoms with Gasteiger partial charge in [0.1, 0.15) is 24.3 Å². The first-order valence-electron chi connectivity index (χ1n) is 7.61. The molecule has 0 aliphatic heterocycles. The Balaban J connectivity index is 2.67. The van der Waals surface area contributed by atoms with Crippen molar-refractivity contribution in [2.45, 2.75) is 52.2 Å². The molecule has 1 rings (SSSR count). The first-order chi connectivity index (χ1) is 10.2. The van der Waals surface area contributed by atoms with E-state index in [4.69, 9.17) is 4.74 Å². The van der Waals surface area contributed by atoms with E-state index in [-0.39, 0.29) is 23.5 Å². The summed E-state index contributed by atoms with van der Waals surface area (Å²) in [6, 6.07) is 3.87. The molecule has 1 aromatic carbocycles. The highest BCUT2D eigenvalue weighted by molar-refractivity contribution is 5.98. The molecule has 0 saturated carbocycles. The Morgan fingerprint density at radius 3 is 2.68 bits per heavy atom. The lowest BCUT2D eigenvalue weighted by Crippen LogP contribution is -2.42. The van der Waals surface area contributed by atoms with E-state index in [0.29, 0.717) is 25.1 Å². The zero-order valence-electron chi connectivity index (χ0n) is 13.8. The highest BCUT2D eigenvalue weighted by Crippen LogP contribution is 2.22. The zero-order chi connectivity index (χ0) is 16.8. The van der Waals surface area contributed by atoms with E-state index in [2.05, 4.69) is 5.32 Å². The predicted octanol–water partition coefficient (Wildman–Crippen LogP) is 2.94. The van der Waals surface area contributed by atoms with Crippen molar-refractivity contribution in [3.8, 4) is 5.75 Å². The average molecular weight is 311 g/mol. The van der Waals surface area contributed by atoms with Crippen molar-refractivity contribution in [3.05, 3.63) is 29.6 Å². The highest BCUT2D eigenvalue weighted by Gasteiger charge is 2.16. The molecule has 4 nitrogen and oxygen atoms in total. The summed E-state index contributed by atoms with van der Waals surface area (Å²) in [5, 5.41) is 13.1. The second kappa shape index (κ2) is 8.25. The third kappa shape index (κ3) is 6.54. The van der Waals surface area contributed by atoms with Gasteiger partial charge in [0, 0.05) is 18.5 Å². The van der Waals surface area contributed by atoms with Gasteiger partial charge in [0.25, 0.3) is 0 Å². The van der Waals surface area contributed by atoms with Crippen molar-refractivity contribution in [1.29, 1.82) is 0 Å². The van der Waals surface area contributed by atoms with Crippen molar-refractivity contribution in [2.75, 3.05) is 13.2 Å². The number of rotatable bonds is 8. The van der Waals surface area contributed by atoms with Gasteiger partial charge in [-0.15, -0.1) is 0 Å². The molecule has 124 valence electrons. The first-order valence-corrected chi connectivity index (χ1v) is 7.61. The lowest BCUT2D eigenvalue weighted by molar-refractivity contribution is 0.0932. The summed E-state index contributed by atoms with van der Waals surface area (Å²) in [6.07, 6.45) is 0.319. The van der Waals surface area contributed by atoms with Gasteiger partial charge in [-0.25, -0.2) is 4.39 Å². The Labute approximate surface area is 131 Å². The standard InChI is InChI=1S/C17H26FNO3/c1-5-6-15(21)14-9-12(18)7-8-16(14)22-11-13(20)10-19-17(2,3)4/h7-9,13,19-20H,5-6,10-11H2,1-4H3/t13-/m0/s1. The SMILES string of the molecule is CCCC(=O)c1cc(F)ccc1OC[C@@H](O)CNC(C)(C)C. The molecule has 2 N–H and O–H groups in total. The lowest BCUT2D eigenvalue weighted by atomic mass is 10.1. The summed E-state index contributed by atoms with van der Waals surface area (Å²) < 4.78 is 18.8. The smallest absolute Gasteiger partial charge is 0.166 e. The number of ether oxygens (including phenoxy) is 1. The Morgan fingerprint density at radius 2 is 2.09 bits per heavy atom. The van der Waals surface area contributed by atoms with Crippen molar-refractivity contribution >= 4 is 5.78 Å². The number of hydrogen-bond acceptors (Lipinski definition) is 4. The molecule has 22 heavy (non-hydrogen) atoms. The van der Waals surface area contributed by atoms with Gasteiger partial charge in [0.05, 0.1) is 5.56 Å². The summed E-state index contributed by atoms with van der Waals surface area (Å²) in [5.41, 5.74) is 0.136. The number of benzene rings is 1. The van der Waals surface area contributed by atoms with Crippen LogP contribution in [0.1, 0.15) is 50.9 Å². The van der Waals surface area contributed by atoms with Gasteiger partial charge in [0.15, 0.2) is 5.78 Å². The summed E-state index contributed by atoms with van der Waals surface area (Å²) in [6.45, 7) is 8.32. The van der Waals surface area contributed by atoms with Crippen LogP contribution in [0.5, 0.6) is 5.75 Å². The van der Waals surface area contributed by atoms with Gasteiger partial charge in [-0.3, -0.25) is 4.79 Å². The number of carbonyl (C=O) groups excluding carboxylic acids is 1. The van der Waals surface area contributed by atoms with Gasteiger partial charge in [-0.1, -0.05) is 6.92 Å². The summed E-state index contributed by atoms with van der Waals surface area (Å²) in [4.78, 5) is 12.0. The van der Waals surface area contributed by atoms with Crippen LogP contribution in [0.4, 0.5) is 4.39 Å². The molecule has 1 atom stereocenters. The number of halogens is 1. The molecule has 0 unspecified atom stereocenters. The number of aliphatic hydroxyl groups is 1. The molecule has 0 bridgehead atoms. The fourth-order valence-electron chi connectivity index (χ4n) is 1.88. The topological polar surface area (TPSA) is 58.6 Å². The molecule has 0 aliphatic rings. The average Bonchev–Trinajstić information content (AvgIpc) is 2.43. The van der Waals surface area contributed by atoms with Crippen molar-refractivity contribution in [1.82, 2.24) is 5.32 Å². The van der Waals surface area contributed by atoms with E-state index in [9.17, 15) is 14.3 Å². The Hall–Kier alpha value is -1.46. The van der Waals surface area contributed by atoms with E-state index in [1.807, 2.05) is 27.7 Å².